The lowest BCUT2D eigenvalue weighted by Gasteiger charge is -2.13. The second-order valence-electron chi connectivity index (χ2n) is 5.00. The van der Waals surface area contributed by atoms with Crippen molar-refractivity contribution < 1.29 is 18.7 Å². The minimum atomic E-state index is -0.451. The monoisotopic (exact) mass is 290 g/mol. The van der Waals surface area contributed by atoms with Gasteiger partial charge in [-0.25, -0.2) is 9.18 Å². The Labute approximate surface area is 121 Å². The molecular formula is C15H15FN2O3. The highest BCUT2D eigenvalue weighted by molar-refractivity contribution is 5.88. The Morgan fingerprint density at radius 2 is 2.33 bits per heavy atom. The van der Waals surface area contributed by atoms with E-state index in [1.54, 1.807) is 22.9 Å². The first-order valence-corrected chi connectivity index (χ1v) is 6.56. The second kappa shape index (κ2) is 5.12. The maximum atomic E-state index is 13.2. The van der Waals surface area contributed by atoms with Crippen molar-refractivity contribution in [3.8, 4) is 5.75 Å². The molecule has 0 bridgehead atoms. The summed E-state index contributed by atoms with van der Waals surface area (Å²) in [6, 6.07) is 6.03. The molecule has 0 saturated carbocycles. The normalized spacial score (nSPS) is 16.4. The maximum Gasteiger partial charge on any atom is 0.354 e. The SMILES string of the molecule is COC(=O)c1cc(N)cn1CC1Cc2cc(F)ccc2O1. The van der Waals surface area contributed by atoms with Crippen molar-refractivity contribution in [3.05, 3.63) is 47.5 Å². The first-order valence-electron chi connectivity index (χ1n) is 6.56. The fourth-order valence-electron chi connectivity index (χ4n) is 2.57. The molecule has 1 aliphatic heterocycles. The van der Waals surface area contributed by atoms with Crippen LogP contribution in [0.3, 0.4) is 0 Å². The van der Waals surface area contributed by atoms with Crippen molar-refractivity contribution in [1.29, 1.82) is 0 Å². The number of aromatic nitrogens is 1. The minimum absolute atomic E-state index is 0.169. The minimum Gasteiger partial charge on any atom is -0.488 e. The van der Waals surface area contributed by atoms with Crippen molar-refractivity contribution >= 4 is 11.7 Å². The number of hydrogen-bond acceptors (Lipinski definition) is 4. The molecule has 1 unspecified atom stereocenters. The molecule has 0 spiro atoms. The predicted molar refractivity (Wildman–Crippen MR) is 74.7 cm³/mol. The van der Waals surface area contributed by atoms with Gasteiger partial charge >= 0.3 is 5.97 Å². The zero-order valence-corrected chi connectivity index (χ0v) is 11.5. The number of rotatable bonds is 3. The van der Waals surface area contributed by atoms with E-state index in [0.29, 0.717) is 30.1 Å². The number of halogens is 1. The molecular weight excluding hydrogens is 275 g/mol. The zero-order chi connectivity index (χ0) is 15.0. The number of esters is 1. The van der Waals surface area contributed by atoms with Crippen LogP contribution in [0.25, 0.3) is 0 Å². The molecule has 21 heavy (non-hydrogen) atoms. The Bertz CT molecular complexity index is 696. The number of carbonyl (C=O) groups is 1. The lowest BCUT2D eigenvalue weighted by Crippen LogP contribution is -2.23. The third kappa shape index (κ3) is 2.56. The van der Waals surface area contributed by atoms with Gasteiger partial charge in [0.2, 0.25) is 0 Å². The van der Waals surface area contributed by atoms with Crippen molar-refractivity contribution in [2.75, 3.05) is 12.8 Å². The van der Waals surface area contributed by atoms with E-state index in [0.717, 1.165) is 5.56 Å². The van der Waals surface area contributed by atoms with Crippen LogP contribution in [0.2, 0.25) is 0 Å². The molecule has 0 aliphatic carbocycles. The highest BCUT2D eigenvalue weighted by Crippen LogP contribution is 2.30. The van der Waals surface area contributed by atoms with E-state index < -0.39 is 5.97 Å². The molecule has 1 aromatic carbocycles. The van der Waals surface area contributed by atoms with Gasteiger partial charge in [0.15, 0.2) is 0 Å². The van der Waals surface area contributed by atoms with E-state index in [2.05, 4.69) is 0 Å². The summed E-state index contributed by atoms with van der Waals surface area (Å²) < 4.78 is 25.4. The first-order chi connectivity index (χ1) is 10.1. The molecule has 2 N–H and O–H groups in total. The molecule has 2 heterocycles. The van der Waals surface area contributed by atoms with Gasteiger partial charge in [-0.2, -0.15) is 0 Å². The van der Waals surface area contributed by atoms with Crippen LogP contribution in [0, 0.1) is 5.82 Å². The number of ether oxygens (including phenoxy) is 2. The average Bonchev–Trinajstić information content (AvgIpc) is 3.00. The van der Waals surface area contributed by atoms with E-state index in [4.69, 9.17) is 15.2 Å². The van der Waals surface area contributed by atoms with Gasteiger partial charge in [0.05, 0.1) is 19.3 Å². The van der Waals surface area contributed by atoms with Gasteiger partial charge in [-0.15, -0.1) is 0 Å². The molecule has 1 aromatic heterocycles. The van der Waals surface area contributed by atoms with Crippen LogP contribution in [-0.4, -0.2) is 23.8 Å². The summed E-state index contributed by atoms with van der Waals surface area (Å²) in [7, 11) is 1.32. The third-order valence-corrected chi connectivity index (χ3v) is 3.48. The van der Waals surface area contributed by atoms with Crippen LogP contribution < -0.4 is 10.5 Å². The Morgan fingerprint density at radius 3 is 3.10 bits per heavy atom. The van der Waals surface area contributed by atoms with E-state index in [-0.39, 0.29) is 11.9 Å². The third-order valence-electron chi connectivity index (χ3n) is 3.48. The standard InChI is InChI=1S/C15H15FN2O3/c1-20-15(19)13-6-11(17)7-18(13)8-12-5-9-4-10(16)2-3-14(9)21-12/h2-4,6-7,12H,5,8,17H2,1H3. The number of nitrogens with zero attached hydrogens (tertiary/aromatic N) is 1. The lowest BCUT2D eigenvalue weighted by molar-refractivity contribution is 0.0585. The molecule has 3 rings (SSSR count). The highest BCUT2D eigenvalue weighted by atomic mass is 19.1. The number of nitrogens with two attached hydrogens (primary N) is 1. The van der Waals surface area contributed by atoms with Crippen LogP contribution in [0.4, 0.5) is 10.1 Å². The Kier molecular flexibility index (Phi) is 3.29. The summed E-state index contributed by atoms with van der Waals surface area (Å²) in [5.41, 5.74) is 7.42. The number of nitrogen functional groups attached to an aromatic ring is 1. The van der Waals surface area contributed by atoms with Crippen molar-refractivity contribution in [3.63, 3.8) is 0 Å². The summed E-state index contributed by atoms with van der Waals surface area (Å²) in [5, 5.41) is 0. The number of benzene rings is 1. The molecule has 110 valence electrons. The maximum absolute atomic E-state index is 13.2. The molecule has 5 nitrogen and oxygen atoms in total. The van der Waals surface area contributed by atoms with Crippen molar-refractivity contribution in [1.82, 2.24) is 4.57 Å². The molecule has 0 saturated heterocycles. The highest BCUT2D eigenvalue weighted by Gasteiger charge is 2.25. The fraction of sp³-hybridized carbons (Fsp3) is 0.267. The zero-order valence-electron chi connectivity index (χ0n) is 11.5. The molecule has 0 amide bonds. The van der Waals surface area contributed by atoms with Gasteiger partial charge in [0, 0.05) is 18.2 Å². The smallest absolute Gasteiger partial charge is 0.354 e. The van der Waals surface area contributed by atoms with Crippen LogP contribution in [0.1, 0.15) is 16.1 Å². The fourth-order valence-corrected chi connectivity index (χ4v) is 2.57. The van der Waals surface area contributed by atoms with Crippen molar-refractivity contribution in [2.45, 2.75) is 19.1 Å². The van der Waals surface area contributed by atoms with Gasteiger partial charge < -0.3 is 19.8 Å². The lowest BCUT2D eigenvalue weighted by atomic mass is 10.1. The topological polar surface area (TPSA) is 66.5 Å². The van der Waals surface area contributed by atoms with Crippen LogP contribution >= 0.6 is 0 Å². The van der Waals surface area contributed by atoms with E-state index in [1.807, 2.05) is 0 Å². The van der Waals surface area contributed by atoms with E-state index >= 15 is 0 Å². The van der Waals surface area contributed by atoms with Crippen LogP contribution in [0.15, 0.2) is 30.5 Å². The van der Waals surface area contributed by atoms with Gasteiger partial charge in [0.1, 0.15) is 23.4 Å². The molecule has 0 radical (unpaired) electrons. The number of methoxy groups -OCH3 is 1. The van der Waals surface area contributed by atoms with Gasteiger partial charge in [-0.05, 0) is 24.3 Å². The quantitative estimate of drug-likeness (QED) is 0.878. The number of fused-ring (bicyclic) bond motifs is 1. The van der Waals surface area contributed by atoms with Crippen LogP contribution in [0.5, 0.6) is 5.75 Å². The Balaban J connectivity index is 1.79. The average molecular weight is 290 g/mol. The van der Waals surface area contributed by atoms with E-state index in [1.165, 1.54) is 19.2 Å². The Hall–Kier alpha value is -2.50. The van der Waals surface area contributed by atoms with Crippen molar-refractivity contribution in [2.24, 2.45) is 0 Å². The number of anilines is 1. The molecule has 1 atom stereocenters. The first kappa shape index (κ1) is 13.5. The number of hydrogen-bond donors (Lipinski definition) is 1. The predicted octanol–water partition coefficient (Wildman–Crippen LogP) is 2.00. The van der Waals surface area contributed by atoms with Gasteiger partial charge in [-0.1, -0.05) is 0 Å². The summed E-state index contributed by atoms with van der Waals surface area (Å²) >= 11 is 0. The van der Waals surface area contributed by atoms with Gasteiger partial charge in [0.25, 0.3) is 0 Å². The second-order valence-corrected chi connectivity index (χ2v) is 5.00. The summed E-state index contributed by atoms with van der Waals surface area (Å²) in [4.78, 5) is 11.7. The molecule has 6 heteroatoms. The summed E-state index contributed by atoms with van der Waals surface area (Å²) in [6.45, 7) is 0.442. The molecule has 2 aromatic rings. The molecule has 0 fully saturated rings. The largest absolute Gasteiger partial charge is 0.488 e. The number of carbonyl (C=O) groups excluding carboxylic acids is 1. The molecule has 1 aliphatic rings. The van der Waals surface area contributed by atoms with E-state index in [9.17, 15) is 9.18 Å². The summed E-state index contributed by atoms with van der Waals surface area (Å²) in [6.07, 6.45) is 2.09. The van der Waals surface area contributed by atoms with Gasteiger partial charge in [-0.3, -0.25) is 0 Å². The Morgan fingerprint density at radius 1 is 1.52 bits per heavy atom. The summed E-state index contributed by atoms with van der Waals surface area (Å²) in [5.74, 6) is -0.0483. The van der Waals surface area contributed by atoms with Crippen LogP contribution in [-0.2, 0) is 17.7 Å².